The molecule has 24 heavy (non-hydrogen) atoms. The van der Waals surface area contributed by atoms with Gasteiger partial charge in [-0.15, -0.1) is 0 Å². The highest BCUT2D eigenvalue weighted by Crippen LogP contribution is 2.15. The number of anilines is 1. The van der Waals surface area contributed by atoms with E-state index in [1.807, 2.05) is 17.7 Å². The molecule has 2 heterocycles. The Morgan fingerprint density at radius 1 is 1.29 bits per heavy atom. The molecule has 0 saturated carbocycles. The predicted octanol–water partition coefficient (Wildman–Crippen LogP) is 2.44. The lowest BCUT2D eigenvalue weighted by atomic mass is 10.3. The van der Waals surface area contributed by atoms with Crippen molar-refractivity contribution in [2.75, 3.05) is 26.5 Å². The van der Waals surface area contributed by atoms with Gasteiger partial charge in [-0.2, -0.15) is 0 Å². The number of rotatable bonds is 4. The second-order valence-electron chi connectivity index (χ2n) is 5.68. The molecule has 0 radical (unpaired) electrons. The highest BCUT2D eigenvalue weighted by atomic mass is 35.5. The van der Waals surface area contributed by atoms with E-state index in [4.69, 9.17) is 11.6 Å². The maximum Gasteiger partial charge on any atom is 0.321 e. The summed E-state index contributed by atoms with van der Waals surface area (Å²) in [4.78, 5) is 31.2. The molecule has 0 aliphatic rings. The van der Waals surface area contributed by atoms with Crippen LogP contribution in [-0.2, 0) is 13.6 Å². The van der Waals surface area contributed by atoms with Crippen molar-refractivity contribution >= 4 is 29.2 Å². The molecule has 0 aliphatic carbocycles. The third kappa shape index (κ3) is 4.26. The lowest BCUT2D eigenvalue weighted by Crippen LogP contribution is -2.31. The number of aryl methyl sites for hydroxylation is 1. The molecule has 0 unspecified atom stereocenters. The second-order valence-corrected chi connectivity index (χ2v) is 6.11. The average molecular weight is 350 g/mol. The van der Waals surface area contributed by atoms with Crippen molar-refractivity contribution < 1.29 is 9.59 Å². The van der Waals surface area contributed by atoms with Crippen LogP contribution in [0.1, 0.15) is 16.2 Å². The number of nitrogens with zero attached hydrogens (tertiary/aromatic N) is 4. The number of nitrogens with one attached hydrogen (secondary N) is 1. The molecule has 7 nitrogen and oxygen atoms in total. The third-order valence-electron chi connectivity index (χ3n) is 3.46. The number of carbonyl (C=O) groups excluding carboxylic acids is 2. The van der Waals surface area contributed by atoms with Crippen molar-refractivity contribution in [1.82, 2.24) is 19.4 Å². The molecule has 2 rings (SSSR count). The Labute approximate surface area is 145 Å². The molecule has 128 valence electrons. The SMILES string of the molecule is CN(C)C(=O)c1cc(NC(=O)N(C)Cc2cc(Cl)cn2C)ccn1. The highest BCUT2D eigenvalue weighted by Gasteiger charge is 2.14. The Morgan fingerprint density at radius 3 is 2.58 bits per heavy atom. The molecule has 0 saturated heterocycles. The predicted molar refractivity (Wildman–Crippen MR) is 93.2 cm³/mol. The number of pyridine rings is 1. The zero-order valence-corrected chi connectivity index (χ0v) is 14.8. The van der Waals surface area contributed by atoms with Gasteiger partial charge in [0.1, 0.15) is 5.69 Å². The minimum Gasteiger partial charge on any atom is -0.351 e. The molecule has 1 N–H and O–H groups in total. The van der Waals surface area contributed by atoms with E-state index in [0.29, 0.717) is 17.3 Å². The van der Waals surface area contributed by atoms with Crippen molar-refractivity contribution in [2.24, 2.45) is 7.05 Å². The van der Waals surface area contributed by atoms with Crippen molar-refractivity contribution in [3.63, 3.8) is 0 Å². The summed E-state index contributed by atoms with van der Waals surface area (Å²) in [5.41, 5.74) is 1.70. The first-order chi connectivity index (χ1) is 11.3. The fourth-order valence-corrected chi connectivity index (χ4v) is 2.38. The molecule has 3 amide bonds. The summed E-state index contributed by atoms with van der Waals surface area (Å²) >= 11 is 5.95. The Hall–Kier alpha value is -2.54. The van der Waals surface area contributed by atoms with E-state index >= 15 is 0 Å². The van der Waals surface area contributed by atoms with Gasteiger partial charge in [0.2, 0.25) is 0 Å². The monoisotopic (exact) mass is 349 g/mol. The number of carbonyl (C=O) groups is 2. The topological polar surface area (TPSA) is 70.5 Å². The van der Waals surface area contributed by atoms with Gasteiger partial charge >= 0.3 is 6.03 Å². The number of urea groups is 1. The molecule has 0 aromatic carbocycles. The molecule has 0 fully saturated rings. The third-order valence-corrected chi connectivity index (χ3v) is 3.66. The maximum atomic E-state index is 12.3. The zero-order valence-electron chi connectivity index (χ0n) is 14.1. The summed E-state index contributed by atoms with van der Waals surface area (Å²) in [6.45, 7) is 0.406. The van der Waals surface area contributed by atoms with Gasteiger partial charge in [-0.25, -0.2) is 4.79 Å². The van der Waals surface area contributed by atoms with Gasteiger partial charge in [-0.05, 0) is 18.2 Å². The van der Waals surface area contributed by atoms with Gasteiger partial charge in [0.05, 0.1) is 11.6 Å². The van der Waals surface area contributed by atoms with Crippen LogP contribution in [-0.4, -0.2) is 52.4 Å². The van der Waals surface area contributed by atoms with Crippen molar-refractivity contribution in [3.8, 4) is 0 Å². The Kier molecular flexibility index (Phi) is 5.46. The smallest absolute Gasteiger partial charge is 0.321 e. The van der Waals surface area contributed by atoms with Crippen LogP contribution in [0.3, 0.4) is 0 Å². The molecule has 2 aromatic heterocycles. The molecule has 8 heteroatoms. The van der Waals surface area contributed by atoms with Crippen LogP contribution >= 0.6 is 11.6 Å². The van der Waals surface area contributed by atoms with Crippen LogP contribution < -0.4 is 5.32 Å². The van der Waals surface area contributed by atoms with Gasteiger partial charge < -0.3 is 19.7 Å². The van der Waals surface area contributed by atoms with Gasteiger partial charge in [-0.3, -0.25) is 9.78 Å². The minimum absolute atomic E-state index is 0.224. The summed E-state index contributed by atoms with van der Waals surface area (Å²) in [6, 6.07) is 4.71. The van der Waals surface area contributed by atoms with Crippen molar-refractivity contribution in [3.05, 3.63) is 47.0 Å². The average Bonchev–Trinajstić information content (AvgIpc) is 2.84. The Bertz CT molecular complexity index is 757. The molecule has 0 spiro atoms. The second kappa shape index (κ2) is 7.35. The lowest BCUT2D eigenvalue weighted by molar-refractivity contribution is 0.0822. The summed E-state index contributed by atoms with van der Waals surface area (Å²) in [5, 5.41) is 3.38. The Balaban J connectivity index is 2.05. The molecule has 0 atom stereocenters. The molecular formula is C16H20ClN5O2. The van der Waals surface area contributed by atoms with E-state index in [-0.39, 0.29) is 17.6 Å². The van der Waals surface area contributed by atoms with Gasteiger partial charge in [0.15, 0.2) is 0 Å². The van der Waals surface area contributed by atoms with E-state index in [0.717, 1.165) is 5.69 Å². The summed E-state index contributed by atoms with van der Waals surface area (Å²) in [6.07, 6.45) is 3.27. The fourth-order valence-electron chi connectivity index (χ4n) is 2.11. The number of aromatic nitrogens is 2. The standard InChI is InChI=1S/C16H20ClN5O2/c1-20(2)15(23)14-8-12(5-6-18-14)19-16(24)22(4)10-13-7-11(17)9-21(13)3/h5-9H,10H2,1-4H3,(H,18,19,24). The molecule has 0 aliphatic heterocycles. The summed E-state index contributed by atoms with van der Waals surface area (Å²) < 4.78 is 1.87. The van der Waals surface area contributed by atoms with Crippen LogP contribution in [0.5, 0.6) is 0 Å². The van der Waals surface area contributed by atoms with E-state index in [2.05, 4.69) is 10.3 Å². The molecule has 0 bridgehead atoms. The summed E-state index contributed by atoms with van der Waals surface area (Å²) in [5.74, 6) is -0.224. The lowest BCUT2D eigenvalue weighted by Gasteiger charge is -2.18. The first kappa shape index (κ1) is 17.8. The normalized spacial score (nSPS) is 10.4. The number of amides is 3. The van der Waals surface area contributed by atoms with Gasteiger partial charge in [-0.1, -0.05) is 11.6 Å². The largest absolute Gasteiger partial charge is 0.351 e. The number of hydrogen-bond donors (Lipinski definition) is 1. The van der Waals surface area contributed by atoms with E-state index in [9.17, 15) is 9.59 Å². The number of hydrogen-bond acceptors (Lipinski definition) is 3. The fraction of sp³-hybridized carbons (Fsp3) is 0.312. The van der Waals surface area contributed by atoms with E-state index < -0.39 is 0 Å². The first-order valence-corrected chi connectivity index (χ1v) is 7.66. The Morgan fingerprint density at radius 2 is 2.00 bits per heavy atom. The maximum absolute atomic E-state index is 12.3. The zero-order chi connectivity index (χ0) is 17.9. The van der Waals surface area contributed by atoms with Crippen LogP contribution in [0.2, 0.25) is 5.02 Å². The molecular weight excluding hydrogens is 330 g/mol. The van der Waals surface area contributed by atoms with Crippen LogP contribution in [0.15, 0.2) is 30.6 Å². The summed E-state index contributed by atoms with van der Waals surface area (Å²) in [7, 11) is 6.85. The highest BCUT2D eigenvalue weighted by molar-refractivity contribution is 6.30. The van der Waals surface area contributed by atoms with Gasteiger partial charge in [0.25, 0.3) is 5.91 Å². The number of halogens is 1. The van der Waals surface area contributed by atoms with E-state index in [1.165, 1.54) is 16.0 Å². The quantitative estimate of drug-likeness (QED) is 0.921. The van der Waals surface area contributed by atoms with Crippen LogP contribution in [0.4, 0.5) is 10.5 Å². The minimum atomic E-state index is -0.290. The van der Waals surface area contributed by atoms with Crippen LogP contribution in [0.25, 0.3) is 0 Å². The van der Waals surface area contributed by atoms with Gasteiger partial charge in [0, 0.05) is 52.0 Å². The van der Waals surface area contributed by atoms with Crippen molar-refractivity contribution in [1.29, 1.82) is 0 Å². The molecule has 2 aromatic rings. The van der Waals surface area contributed by atoms with E-state index in [1.54, 1.807) is 39.5 Å². The van der Waals surface area contributed by atoms with Crippen molar-refractivity contribution in [2.45, 2.75) is 6.54 Å². The first-order valence-electron chi connectivity index (χ1n) is 7.28. The van der Waals surface area contributed by atoms with Crippen LogP contribution in [0, 0.1) is 0 Å².